The lowest BCUT2D eigenvalue weighted by atomic mass is 10.1. The summed E-state index contributed by atoms with van der Waals surface area (Å²) in [7, 11) is 0. The molecule has 9 heteroatoms. The Labute approximate surface area is 212 Å². The van der Waals surface area contributed by atoms with Gasteiger partial charge in [-0.15, -0.1) is 0 Å². The molecule has 0 bridgehead atoms. The molecular weight excluding hydrogens is 518 g/mol. The van der Waals surface area contributed by atoms with E-state index in [1.165, 1.54) is 0 Å². The van der Waals surface area contributed by atoms with E-state index in [1.54, 1.807) is 30.3 Å². The van der Waals surface area contributed by atoms with Gasteiger partial charge in [-0.25, -0.2) is 0 Å². The van der Waals surface area contributed by atoms with Crippen LogP contribution in [0.4, 0.5) is 0 Å². The number of hydrazine groups is 1. The molecule has 0 spiro atoms. The highest BCUT2D eigenvalue weighted by molar-refractivity contribution is 9.10. The molecule has 7 nitrogen and oxygen atoms in total. The lowest BCUT2D eigenvalue weighted by Gasteiger charge is -2.13. The van der Waals surface area contributed by atoms with Crippen LogP contribution in [0.2, 0.25) is 0 Å². The third kappa shape index (κ3) is 7.43. The minimum atomic E-state index is -0.459. The Kier molecular flexibility index (Phi) is 9.24. The Morgan fingerprint density at radius 1 is 0.971 bits per heavy atom. The third-order valence-corrected chi connectivity index (χ3v) is 5.83. The second-order valence-corrected chi connectivity index (χ2v) is 9.10. The number of carbonyl (C=O) groups is 2. The van der Waals surface area contributed by atoms with Gasteiger partial charge in [-0.05, 0) is 81.6 Å². The number of thiocarbonyl (C=S) groups is 1. The third-order valence-electron chi connectivity index (χ3n) is 4.81. The van der Waals surface area contributed by atoms with Crippen LogP contribution in [-0.4, -0.2) is 30.1 Å². The van der Waals surface area contributed by atoms with Crippen LogP contribution in [-0.2, 0) is 4.79 Å². The van der Waals surface area contributed by atoms with Crippen LogP contribution >= 0.6 is 28.1 Å². The minimum Gasteiger partial charge on any atom is -0.494 e. The van der Waals surface area contributed by atoms with Crippen molar-refractivity contribution in [2.45, 2.75) is 20.3 Å². The zero-order valence-corrected chi connectivity index (χ0v) is 21.3. The number of hydrogen-bond acceptors (Lipinski definition) is 5. The molecule has 178 valence electrons. The van der Waals surface area contributed by atoms with Gasteiger partial charge in [0.2, 0.25) is 0 Å². The number of fused-ring (bicyclic) bond motifs is 1. The van der Waals surface area contributed by atoms with Gasteiger partial charge < -0.3 is 9.47 Å². The molecule has 0 radical (unpaired) electrons. The summed E-state index contributed by atoms with van der Waals surface area (Å²) in [5.41, 5.74) is 5.31. The lowest BCUT2D eigenvalue weighted by Crippen LogP contribution is -2.49. The first-order valence-corrected chi connectivity index (χ1v) is 12.0. The van der Waals surface area contributed by atoms with Gasteiger partial charge in [0.05, 0.1) is 11.1 Å². The normalized spacial score (nSPS) is 10.6. The van der Waals surface area contributed by atoms with Crippen molar-refractivity contribution >= 4 is 55.8 Å². The molecule has 0 unspecified atom stereocenters. The van der Waals surface area contributed by atoms with Crippen LogP contribution in [0.1, 0.15) is 30.6 Å². The summed E-state index contributed by atoms with van der Waals surface area (Å²) >= 11 is 8.59. The minimum absolute atomic E-state index is 0.0394. The number of halogens is 1. The smallest absolute Gasteiger partial charge is 0.276 e. The molecule has 3 rings (SSSR count). The zero-order chi connectivity index (χ0) is 24.5. The van der Waals surface area contributed by atoms with Crippen LogP contribution in [0.15, 0.2) is 65.1 Å². The Hall–Kier alpha value is -3.17. The largest absolute Gasteiger partial charge is 0.494 e. The summed E-state index contributed by atoms with van der Waals surface area (Å²) in [6.07, 6.45) is 0.957. The number of hydrogen-bond donors (Lipinski definition) is 3. The summed E-state index contributed by atoms with van der Waals surface area (Å²) in [4.78, 5) is 24.5. The van der Waals surface area contributed by atoms with Gasteiger partial charge in [0.25, 0.3) is 11.8 Å². The van der Waals surface area contributed by atoms with Crippen LogP contribution in [0.25, 0.3) is 10.8 Å². The van der Waals surface area contributed by atoms with Gasteiger partial charge in [-0.1, -0.05) is 44.2 Å². The molecular formula is C25H26BrN3O4S. The van der Waals surface area contributed by atoms with E-state index in [9.17, 15) is 9.59 Å². The maximum Gasteiger partial charge on any atom is 0.276 e. The highest BCUT2D eigenvalue weighted by atomic mass is 79.9. The average Bonchev–Trinajstić information content (AvgIpc) is 2.82. The number of nitrogens with one attached hydrogen (secondary N) is 3. The van der Waals surface area contributed by atoms with Gasteiger partial charge in [0, 0.05) is 5.56 Å². The highest BCUT2D eigenvalue weighted by Crippen LogP contribution is 2.32. The average molecular weight is 544 g/mol. The second-order valence-electron chi connectivity index (χ2n) is 7.90. The quantitative estimate of drug-likeness (QED) is 0.281. The van der Waals surface area contributed by atoms with Crippen LogP contribution in [0, 0.1) is 5.92 Å². The predicted molar refractivity (Wildman–Crippen MR) is 140 cm³/mol. The molecule has 0 saturated heterocycles. The summed E-state index contributed by atoms with van der Waals surface area (Å²) in [5.74, 6) is 0.937. The first kappa shape index (κ1) is 25.5. The number of benzene rings is 3. The van der Waals surface area contributed by atoms with E-state index >= 15 is 0 Å². The molecule has 0 fully saturated rings. The summed E-state index contributed by atoms with van der Waals surface area (Å²) in [6, 6.07) is 18.3. The molecule has 0 aliphatic rings. The van der Waals surface area contributed by atoms with Crippen molar-refractivity contribution in [1.29, 1.82) is 0 Å². The molecule has 0 heterocycles. The molecule has 0 aliphatic heterocycles. The van der Waals surface area contributed by atoms with E-state index in [2.05, 4.69) is 45.9 Å². The maximum absolute atomic E-state index is 12.3. The molecule has 3 N–H and O–H groups in total. The molecule has 2 amide bonds. The molecule has 0 atom stereocenters. The topological polar surface area (TPSA) is 88.7 Å². The van der Waals surface area contributed by atoms with Crippen molar-refractivity contribution in [1.82, 2.24) is 16.2 Å². The van der Waals surface area contributed by atoms with Gasteiger partial charge in [-0.3, -0.25) is 25.8 Å². The monoisotopic (exact) mass is 543 g/mol. The zero-order valence-electron chi connectivity index (χ0n) is 18.9. The standard InChI is InChI=1S/C25H26BrN3O4S/c1-16(2)13-14-32-19-10-7-18(8-11-19)24(31)27-25(34)29-28-22(30)15-33-21-12-9-17-5-3-4-6-20(17)23(21)26/h3-12,16H,13-15H2,1-2H3,(H,28,30)(H2,27,29,31,34). The van der Waals surface area contributed by atoms with Gasteiger partial charge in [0.15, 0.2) is 11.7 Å². The van der Waals surface area contributed by atoms with Crippen molar-refractivity contribution in [2.75, 3.05) is 13.2 Å². The van der Waals surface area contributed by atoms with Crippen LogP contribution < -0.4 is 25.6 Å². The predicted octanol–water partition coefficient (Wildman–Crippen LogP) is 4.74. The summed E-state index contributed by atoms with van der Waals surface area (Å²) in [5, 5.41) is 4.51. The Morgan fingerprint density at radius 3 is 2.44 bits per heavy atom. The molecule has 0 saturated carbocycles. The fourth-order valence-corrected chi connectivity index (χ4v) is 3.70. The fourth-order valence-electron chi connectivity index (χ4n) is 2.95. The highest BCUT2D eigenvalue weighted by Gasteiger charge is 2.11. The number of carbonyl (C=O) groups excluding carboxylic acids is 2. The molecule has 34 heavy (non-hydrogen) atoms. The van der Waals surface area contributed by atoms with E-state index in [0.29, 0.717) is 29.6 Å². The van der Waals surface area contributed by atoms with E-state index in [0.717, 1.165) is 21.7 Å². The van der Waals surface area contributed by atoms with Gasteiger partial charge in [-0.2, -0.15) is 0 Å². The van der Waals surface area contributed by atoms with Crippen molar-refractivity contribution in [3.63, 3.8) is 0 Å². The molecule has 3 aromatic carbocycles. The van der Waals surface area contributed by atoms with Gasteiger partial charge in [0.1, 0.15) is 11.5 Å². The first-order chi connectivity index (χ1) is 16.3. The van der Waals surface area contributed by atoms with Crippen LogP contribution in [0.3, 0.4) is 0 Å². The summed E-state index contributed by atoms with van der Waals surface area (Å²) < 4.78 is 12.0. The molecule has 3 aromatic rings. The van der Waals surface area contributed by atoms with E-state index in [-0.39, 0.29) is 11.7 Å². The van der Waals surface area contributed by atoms with Gasteiger partial charge >= 0.3 is 0 Å². The van der Waals surface area contributed by atoms with Crippen LogP contribution in [0.5, 0.6) is 11.5 Å². The van der Waals surface area contributed by atoms with Crippen molar-refractivity contribution in [2.24, 2.45) is 5.92 Å². The first-order valence-electron chi connectivity index (χ1n) is 10.8. The van der Waals surface area contributed by atoms with Crippen molar-refractivity contribution in [3.05, 3.63) is 70.7 Å². The second kappa shape index (κ2) is 12.3. The Balaban J connectivity index is 1.41. The van der Waals surface area contributed by atoms with E-state index < -0.39 is 11.8 Å². The molecule has 0 aromatic heterocycles. The molecule has 0 aliphatic carbocycles. The van der Waals surface area contributed by atoms with E-state index in [4.69, 9.17) is 21.7 Å². The Bertz CT molecular complexity index is 1170. The lowest BCUT2D eigenvalue weighted by molar-refractivity contribution is -0.123. The number of ether oxygens (including phenoxy) is 2. The number of amides is 2. The fraction of sp³-hybridized carbons (Fsp3) is 0.240. The SMILES string of the molecule is CC(C)CCOc1ccc(C(=O)NC(=S)NNC(=O)COc2ccc3ccccc3c2Br)cc1. The van der Waals surface area contributed by atoms with Crippen molar-refractivity contribution in [3.8, 4) is 11.5 Å². The Morgan fingerprint density at radius 2 is 1.71 bits per heavy atom. The number of rotatable bonds is 8. The maximum atomic E-state index is 12.3. The van der Waals surface area contributed by atoms with E-state index in [1.807, 2.05) is 30.3 Å². The van der Waals surface area contributed by atoms with Crippen molar-refractivity contribution < 1.29 is 19.1 Å². The summed E-state index contributed by atoms with van der Waals surface area (Å²) in [6.45, 7) is 4.65.